The third-order valence-electron chi connectivity index (χ3n) is 2.58. The van der Waals surface area contributed by atoms with Gasteiger partial charge in [0.05, 0.1) is 7.11 Å². The van der Waals surface area contributed by atoms with E-state index in [1.807, 2.05) is 12.1 Å². The molecule has 0 aliphatic carbocycles. The summed E-state index contributed by atoms with van der Waals surface area (Å²) in [4.78, 5) is 0. The second-order valence-corrected chi connectivity index (χ2v) is 3.42. The fraction of sp³-hybridized carbons (Fsp3) is 0.455. The minimum Gasteiger partial charge on any atom is -0.497 e. The van der Waals surface area contributed by atoms with Crippen LogP contribution in [-0.4, -0.2) is 13.7 Å². The van der Waals surface area contributed by atoms with E-state index in [1.165, 1.54) is 18.4 Å². The van der Waals surface area contributed by atoms with Gasteiger partial charge in [-0.3, -0.25) is 0 Å². The Morgan fingerprint density at radius 3 is 2.50 bits per heavy atom. The molecule has 1 aliphatic rings. The average Bonchev–Trinajstić information content (AvgIpc) is 2.71. The van der Waals surface area contributed by atoms with E-state index in [4.69, 9.17) is 4.74 Å². The van der Waals surface area contributed by atoms with Crippen molar-refractivity contribution in [1.29, 1.82) is 0 Å². The Morgan fingerprint density at radius 1 is 1.29 bits per heavy atom. The summed E-state index contributed by atoms with van der Waals surface area (Å²) in [6, 6.07) is 8.89. The van der Waals surface area contributed by atoms with E-state index in [9.17, 15) is 0 Å². The van der Waals surface area contributed by atoms with Gasteiger partial charge in [0.15, 0.2) is 0 Å². The van der Waals surface area contributed by atoms with Crippen LogP contribution >= 0.6 is 12.4 Å². The molecular weight excluding hydrogens is 198 g/mol. The van der Waals surface area contributed by atoms with Crippen molar-refractivity contribution in [3.8, 4) is 5.75 Å². The van der Waals surface area contributed by atoms with Crippen LogP contribution < -0.4 is 10.1 Å². The van der Waals surface area contributed by atoms with Crippen LogP contribution in [0.1, 0.15) is 24.4 Å². The van der Waals surface area contributed by atoms with Crippen molar-refractivity contribution in [3.63, 3.8) is 0 Å². The highest BCUT2D eigenvalue weighted by molar-refractivity contribution is 5.85. The van der Waals surface area contributed by atoms with Crippen LogP contribution in [0.4, 0.5) is 0 Å². The molecule has 0 radical (unpaired) electrons. The number of methoxy groups -OCH3 is 1. The summed E-state index contributed by atoms with van der Waals surface area (Å²) in [5.41, 5.74) is 1.37. The minimum atomic E-state index is 0. The summed E-state index contributed by atoms with van der Waals surface area (Å²) in [6.45, 7) is 1.15. The molecule has 0 spiro atoms. The third-order valence-corrected chi connectivity index (χ3v) is 2.58. The molecule has 0 aromatic heterocycles. The fourth-order valence-corrected chi connectivity index (χ4v) is 1.81. The minimum absolute atomic E-state index is 0. The van der Waals surface area contributed by atoms with E-state index >= 15 is 0 Å². The molecule has 14 heavy (non-hydrogen) atoms. The van der Waals surface area contributed by atoms with E-state index in [2.05, 4.69) is 17.4 Å². The van der Waals surface area contributed by atoms with Gasteiger partial charge >= 0.3 is 0 Å². The van der Waals surface area contributed by atoms with Crippen molar-refractivity contribution < 1.29 is 4.74 Å². The van der Waals surface area contributed by atoms with Crippen LogP contribution in [0.15, 0.2) is 24.3 Å². The molecule has 2 rings (SSSR count). The van der Waals surface area contributed by atoms with Gasteiger partial charge in [0, 0.05) is 6.04 Å². The zero-order valence-corrected chi connectivity index (χ0v) is 9.14. The van der Waals surface area contributed by atoms with E-state index in [0.717, 1.165) is 12.3 Å². The van der Waals surface area contributed by atoms with Crippen molar-refractivity contribution in [2.75, 3.05) is 13.7 Å². The largest absolute Gasteiger partial charge is 0.497 e. The highest BCUT2D eigenvalue weighted by atomic mass is 35.5. The second-order valence-electron chi connectivity index (χ2n) is 3.42. The van der Waals surface area contributed by atoms with E-state index in [0.29, 0.717) is 6.04 Å². The molecule has 0 unspecified atom stereocenters. The first kappa shape index (κ1) is 11.3. The summed E-state index contributed by atoms with van der Waals surface area (Å²) in [6.07, 6.45) is 2.54. The molecule has 1 fully saturated rings. The summed E-state index contributed by atoms with van der Waals surface area (Å²) in [5, 5.41) is 3.47. The summed E-state index contributed by atoms with van der Waals surface area (Å²) in [5.74, 6) is 0.932. The summed E-state index contributed by atoms with van der Waals surface area (Å²) in [7, 11) is 1.70. The maximum atomic E-state index is 5.11. The highest BCUT2D eigenvalue weighted by Crippen LogP contribution is 2.24. The van der Waals surface area contributed by atoms with Crippen LogP contribution in [0, 0.1) is 0 Å². The molecule has 78 valence electrons. The predicted molar refractivity (Wildman–Crippen MR) is 60.2 cm³/mol. The van der Waals surface area contributed by atoms with E-state index in [-0.39, 0.29) is 12.4 Å². The van der Waals surface area contributed by atoms with Gasteiger partial charge in [0.1, 0.15) is 5.75 Å². The monoisotopic (exact) mass is 213 g/mol. The number of ether oxygens (including phenoxy) is 1. The van der Waals surface area contributed by atoms with Crippen LogP contribution in [0.25, 0.3) is 0 Å². The smallest absolute Gasteiger partial charge is 0.118 e. The van der Waals surface area contributed by atoms with Crippen molar-refractivity contribution in [1.82, 2.24) is 5.32 Å². The average molecular weight is 214 g/mol. The number of hydrogen-bond donors (Lipinski definition) is 1. The third kappa shape index (κ3) is 2.40. The van der Waals surface area contributed by atoms with Crippen molar-refractivity contribution in [2.45, 2.75) is 18.9 Å². The van der Waals surface area contributed by atoms with Crippen LogP contribution in [0.2, 0.25) is 0 Å². The first-order valence-electron chi connectivity index (χ1n) is 4.77. The molecule has 0 saturated carbocycles. The van der Waals surface area contributed by atoms with Gasteiger partial charge in [0.25, 0.3) is 0 Å². The van der Waals surface area contributed by atoms with E-state index in [1.54, 1.807) is 7.11 Å². The molecule has 1 saturated heterocycles. The van der Waals surface area contributed by atoms with Gasteiger partial charge in [-0.25, -0.2) is 0 Å². The first-order chi connectivity index (χ1) is 6.40. The molecular formula is C11H16ClNO. The molecule has 1 aromatic rings. The summed E-state index contributed by atoms with van der Waals surface area (Å²) < 4.78 is 5.11. The molecule has 2 nitrogen and oxygen atoms in total. The lowest BCUT2D eigenvalue weighted by molar-refractivity contribution is 0.414. The van der Waals surface area contributed by atoms with Gasteiger partial charge in [-0.2, -0.15) is 0 Å². The van der Waals surface area contributed by atoms with Gasteiger partial charge in [-0.1, -0.05) is 12.1 Å². The Bertz CT molecular complexity index is 267. The van der Waals surface area contributed by atoms with Gasteiger partial charge in [-0.15, -0.1) is 12.4 Å². The summed E-state index contributed by atoms with van der Waals surface area (Å²) >= 11 is 0. The molecule has 1 atom stereocenters. The Hall–Kier alpha value is -0.730. The zero-order valence-electron chi connectivity index (χ0n) is 8.32. The lowest BCUT2D eigenvalue weighted by atomic mass is 10.1. The number of rotatable bonds is 2. The number of nitrogens with one attached hydrogen (secondary N) is 1. The predicted octanol–water partition coefficient (Wildman–Crippen LogP) is 2.54. The molecule has 3 heteroatoms. The number of halogens is 1. The van der Waals surface area contributed by atoms with Gasteiger partial charge in [-0.05, 0) is 37.1 Å². The Kier molecular flexibility index (Phi) is 4.23. The SMILES string of the molecule is COc1ccc([C@H]2CCCN2)cc1.Cl. The molecule has 1 heterocycles. The first-order valence-corrected chi connectivity index (χ1v) is 4.77. The lowest BCUT2D eigenvalue weighted by Gasteiger charge is -2.10. The Balaban J connectivity index is 0.000000980. The standard InChI is InChI=1S/C11H15NO.ClH/c1-13-10-6-4-9(5-7-10)11-3-2-8-12-11;/h4-7,11-12H,2-3,8H2,1H3;1H/t11-;/m1./s1. The molecule has 0 amide bonds. The van der Waals surface area contributed by atoms with Crippen molar-refractivity contribution in [2.24, 2.45) is 0 Å². The van der Waals surface area contributed by atoms with Crippen LogP contribution in [-0.2, 0) is 0 Å². The lowest BCUT2D eigenvalue weighted by Crippen LogP contribution is -2.12. The van der Waals surface area contributed by atoms with Crippen LogP contribution in [0.3, 0.4) is 0 Å². The Morgan fingerprint density at radius 2 is 2.00 bits per heavy atom. The van der Waals surface area contributed by atoms with Crippen LogP contribution in [0.5, 0.6) is 5.75 Å². The zero-order chi connectivity index (χ0) is 9.10. The Labute approximate surface area is 91.1 Å². The maximum absolute atomic E-state index is 5.11. The highest BCUT2D eigenvalue weighted by Gasteiger charge is 2.15. The quantitative estimate of drug-likeness (QED) is 0.816. The molecule has 1 N–H and O–H groups in total. The maximum Gasteiger partial charge on any atom is 0.118 e. The van der Waals surface area contributed by atoms with Crippen molar-refractivity contribution in [3.05, 3.63) is 29.8 Å². The molecule has 0 bridgehead atoms. The van der Waals surface area contributed by atoms with Crippen molar-refractivity contribution >= 4 is 12.4 Å². The normalized spacial score (nSPS) is 20.2. The topological polar surface area (TPSA) is 21.3 Å². The molecule has 1 aliphatic heterocycles. The second kappa shape index (κ2) is 5.23. The van der Waals surface area contributed by atoms with Gasteiger partial charge < -0.3 is 10.1 Å². The van der Waals surface area contributed by atoms with Gasteiger partial charge in [0.2, 0.25) is 0 Å². The molecule has 1 aromatic carbocycles. The number of hydrogen-bond acceptors (Lipinski definition) is 2. The van der Waals surface area contributed by atoms with E-state index < -0.39 is 0 Å². The number of benzene rings is 1. The fourth-order valence-electron chi connectivity index (χ4n) is 1.81.